The van der Waals surface area contributed by atoms with Crippen molar-refractivity contribution in [2.75, 3.05) is 13.1 Å². The van der Waals surface area contributed by atoms with E-state index in [2.05, 4.69) is 59.1 Å². The number of pyridine rings is 2. The van der Waals surface area contributed by atoms with Crippen LogP contribution in [-0.2, 0) is 10.0 Å². The van der Waals surface area contributed by atoms with Crippen LogP contribution < -0.4 is 0 Å². The minimum atomic E-state index is -3.49. The first-order valence-corrected chi connectivity index (χ1v) is 13.3. The van der Waals surface area contributed by atoms with Crippen molar-refractivity contribution in [3.63, 3.8) is 0 Å². The smallest absolute Gasteiger partial charge is 0.244 e. The number of sulfonamides is 1. The SMILES string of the molecule is Cc1cc(-c2[nH]c3ccc(C4CCN(S(=O)(=O)c5cccnc5)CC4)cc3c2C(C)C)ccn1. The van der Waals surface area contributed by atoms with E-state index in [-0.39, 0.29) is 4.90 Å². The molecular weight excluding hydrogens is 444 g/mol. The number of benzene rings is 1. The summed E-state index contributed by atoms with van der Waals surface area (Å²) in [5.41, 5.74) is 7.05. The number of aromatic nitrogens is 3. The van der Waals surface area contributed by atoms with Crippen LogP contribution in [-0.4, -0.2) is 40.8 Å². The second-order valence-electron chi connectivity index (χ2n) is 9.43. The molecule has 0 aliphatic carbocycles. The molecule has 5 rings (SSSR count). The Balaban J connectivity index is 1.43. The summed E-state index contributed by atoms with van der Waals surface area (Å²) in [6, 6.07) is 14.1. The van der Waals surface area contributed by atoms with E-state index < -0.39 is 10.0 Å². The van der Waals surface area contributed by atoms with Crippen molar-refractivity contribution in [3.8, 4) is 11.3 Å². The highest BCUT2D eigenvalue weighted by Crippen LogP contribution is 2.38. The minimum Gasteiger partial charge on any atom is -0.354 e. The van der Waals surface area contributed by atoms with Gasteiger partial charge in [-0.15, -0.1) is 0 Å². The normalized spacial score (nSPS) is 15.9. The first-order valence-electron chi connectivity index (χ1n) is 11.8. The van der Waals surface area contributed by atoms with Crippen molar-refractivity contribution in [2.45, 2.75) is 50.3 Å². The average molecular weight is 475 g/mol. The van der Waals surface area contributed by atoms with Gasteiger partial charge in [0.25, 0.3) is 0 Å². The Bertz CT molecular complexity index is 1420. The van der Waals surface area contributed by atoms with Gasteiger partial charge in [0.05, 0.1) is 5.69 Å². The summed E-state index contributed by atoms with van der Waals surface area (Å²) in [5, 5.41) is 1.25. The molecule has 7 heteroatoms. The van der Waals surface area contributed by atoms with Crippen molar-refractivity contribution in [2.24, 2.45) is 0 Å². The van der Waals surface area contributed by atoms with Crippen molar-refractivity contribution >= 4 is 20.9 Å². The number of H-pyrrole nitrogens is 1. The van der Waals surface area contributed by atoms with Crippen molar-refractivity contribution in [3.05, 3.63) is 77.9 Å². The largest absolute Gasteiger partial charge is 0.354 e. The number of piperidine rings is 1. The number of rotatable bonds is 5. The molecule has 1 N–H and O–H groups in total. The molecule has 0 unspecified atom stereocenters. The highest BCUT2D eigenvalue weighted by Gasteiger charge is 2.30. The quantitative estimate of drug-likeness (QED) is 0.407. The fraction of sp³-hybridized carbons (Fsp3) is 0.333. The molecule has 1 fully saturated rings. The summed E-state index contributed by atoms with van der Waals surface area (Å²) in [7, 11) is -3.49. The number of aromatic amines is 1. The van der Waals surface area contributed by atoms with E-state index in [1.165, 1.54) is 22.7 Å². The van der Waals surface area contributed by atoms with E-state index in [0.717, 1.165) is 35.3 Å². The van der Waals surface area contributed by atoms with Gasteiger partial charge in [-0.2, -0.15) is 4.31 Å². The molecule has 176 valence electrons. The monoisotopic (exact) mass is 474 g/mol. The van der Waals surface area contributed by atoms with E-state index in [1.54, 1.807) is 22.6 Å². The van der Waals surface area contributed by atoms with E-state index >= 15 is 0 Å². The number of nitrogens with one attached hydrogen (secondary N) is 1. The number of aryl methyl sites for hydroxylation is 1. The van der Waals surface area contributed by atoms with Gasteiger partial charge in [0.15, 0.2) is 0 Å². The lowest BCUT2D eigenvalue weighted by Gasteiger charge is -2.31. The molecule has 0 atom stereocenters. The minimum absolute atomic E-state index is 0.266. The number of nitrogens with zero attached hydrogens (tertiary/aromatic N) is 3. The van der Waals surface area contributed by atoms with Gasteiger partial charge in [-0.05, 0) is 79.1 Å². The van der Waals surface area contributed by atoms with Gasteiger partial charge in [0.1, 0.15) is 4.90 Å². The zero-order valence-corrected chi connectivity index (χ0v) is 20.6. The van der Waals surface area contributed by atoms with Gasteiger partial charge in [-0.25, -0.2) is 8.42 Å². The molecule has 4 heterocycles. The Morgan fingerprint density at radius 3 is 2.53 bits per heavy atom. The molecule has 0 bridgehead atoms. The second kappa shape index (κ2) is 8.96. The van der Waals surface area contributed by atoms with Crippen molar-refractivity contribution in [1.82, 2.24) is 19.3 Å². The molecule has 0 radical (unpaired) electrons. The van der Waals surface area contributed by atoms with Gasteiger partial charge in [0, 0.05) is 53.8 Å². The third-order valence-corrected chi connectivity index (χ3v) is 8.71. The van der Waals surface area contributed by atoms with Crippen LogP contribution in [0.4, 0.5) is 0 Å². The van der Waals surface area contributed by atoms with E-state index in [0.29, 0.717) is 24.9 Å². The Kier molecular flexibility index (Phi) is 6.00. The Hall–Kier alpha value is -3.03. The Morgan fingerprint density at radius 1 is 1.06 bits per heavy atom. The number of hydrogen-bond donors (Lipinski definition) is 1. The van der Waals surface area contributed by atoms with Crippen molar-refractivity contribution < 1.29 is 8.42 Å². The summed E-state index contributed by atoms with van der Waals surface area (Å²) < 4.78 is 27.5. The standard InChI is InChI=1S/C27H30N4O2S/c1-18(2)26-24-16-21(6-7-25(24)30-27(26)22-8-12-29-19(3)15-22)20-9-13-31(14-10-20)34(32,33)23-5-4-11-28-17-23/h4-8,11-12,15-18,20,30H,9-10,13-14H2,1-3H3. The summed E-state index contributed by atoms with van der Waals surface area (Å²) in [6.45, 7) is 7.51. The maximum atomic E-state index is 13.0. The molecule has 34 heavy (non-hydrogen) atoms. The fourth-order valence-electron chi connectivity index (χ4n) is 5.09. The van der Waals surface area contributed by atoms with E-state index in [1.807, 2.05) is 13.1 Å². The van der Waals surface area contributed by atoms with Crippen LogP contribution in [0, 0.1) is 6.92 Å². The highest BCUT2D eigenvalue weighted by atomic mass is 32.2. The zero-order valence-electron chi connectivity index (χ0n) is 19.8. The second-order valence-corrected chi connectivity index (χ2v) is 11.4. The van der Waals surface area contributed by atoms with Gasteiger partial charge in [-0.1, -0.05) is 19.9 Å². The van der Waals surface area contributed by atoms with E-state index in [4.69, 9.17) is 0 Å². The first kappa shape index (κ1) is 22.7. The lowest BCUT2D eigenvalue weighted by Crippen LogP contribution is -2.37. The van der Waals surface area contributed by atoms with E-state index in [9.17, 15) is 8.42 Å². The number of hydrogen-bond acceptors (Lipinski definition) is 4. The lowest BCUT2D eigenvalue weighted by atomic mass is 9.88. The van der Waals surface area contributed by atoms with Crippen LogP contribution in [0.25, 0.3) is 22.2 Å². The molecule has 1 saturated heterocycles. The predicted molar refractivity (Wildman–Crippen MR) is 135 cm³/mol. The van der Waals surface area contributed by atoms with Crippen LogP contribution in [0.5, 0.6) is 0 Å². The molecule has 6 nitrogen and oxygen atoms in total. The summed E-state index contributed by atoms with van der Waals surface area (Å²) in [4.78, 5) is 12.2. The summed E-state index contributed by atoms with van der Waals surface area (Å²) >= 11 is 0. The highest BCUT2D eigenvalue weighted by molar-refractivity contribution is 7.89. The zero-order chi connectivity index (χ0) is 23.9. The molecule has 1 aliphatic rings. The van der Waals surface area contributed by atoms with Crippen molar-refractivity contribution in [1.29, 1.82) is 0 Å². The van der Waals surface area contributed by atoms with Crippen LogP contribution >= 0.6 is 0 Å². The molecule has 1 aromatic carbocycles. The fourth-order valence-corrected chi connectivity index (χ4v) is 6.53. The maximum Gasteiger partial charge on any atom is 0.244 e. The Morgan fingerprint density at radius 2 is 1.85 bits per heavy atom. The molecular formula is C27H30N4O2S. The maximum absolute atomic E-state index is 13.0. The summed E-state index contributed by atoms with van der Waals surface area (Å²) in [5.74, 6) is 0.699. The molecule has 0 saturated carbocycles. The molecule has 4 aromatic rings. The van der Waals surface area contributed by atoms with Crippen LogP contribution in [0.2, 0.25) is 0 Å². The molecule has 1 aliphatic heterocycles. The van der Waals surface area contributed by atoms with Gasteiger partial charge in [0.2, 0.25) is 10.0 Å². The topological polar surface area (TPSA) is 79.0 Å². The number of fused-ring (bicyclic) bond motifs is 1. The summed E-state index contributed by atoms with van der Waals surface area (Å²) in [6.07, 6.45) is 6.50. The van der Waals surface area contributed by atoms with Gasteiger partial charge >= 0.3 is 0 Å². The molecule has 3 aromatic heterocycles. The molecule has 0 amide bonds. The van der Waals surface area contributed by atoms with Gasteiger partial charge in [-0.3, -0.25) is 9.97 Å². The predicted octanol–water partition coefficient (Wildman–Crippen LogP) is 5.63. The van der Waals surface area contributed by atoms with Crippen LogP contribution in [0.1, 0.15) is 55.3 Å². The average Bonchev–Trinajstić information content (AvgIpc) is 3.24. The molecule has 0 spiro atoms. The van der Waals surface area contributed by atoms with Crippen LogP contribution in [0.3, 0.4) is 0 Å². The lowest BCUT2D eigenvalue weighted by molar-refractivity contribution is 0.319. The van der Waals surface area contributed by atoms with Gasteiger partial charge < -0.3 is 4.98 Å². The third kappa shape index (κ3) is 4.14. The Labute approximate surface area is 201 Å². The van der Waals surface area contributed by atoms with Crippen LogP contribution in [0.15, 0.2) is 66.0 Å². The third-order valence-electron chi connectivity index (χ3n) is 6.82. The first-order chi connectivity index (χ1) is 16.3.